The monoisotopic (exact) mass is 253 g/mol. The van der Waals surface area contributed by atoms with Gasteiger partial charge in [-0.3, -0.25) is 4.79 Å². The molecule has 0 amide bonds. The van der Waals surface area contributed by atoms with E-state index in [0.717, 1.165) is 5.69 Å². The van der Waals surface area contributed by atoms with Gasteiger partial charge in [0, 0.05) is 24.8 Å². The van der Waals surface area contributed by atoms with Gasteiger partial charge < -0.3 is 9.64 Å². The largest absolute Gasteiger partial charge is 0.377 e. The van der Waals surface area contributed by atoms with Gasteiger partial charge in [-0.05, 0) is 39.0 Å². The summed E-state index contributed by atoms with van der Waals surface area (Å²) in [6.45, 7) is 6.61. The topological polar surface area (TPSA) is 29.5 Å². The molecule has 0 aliphatic heterocycles. The molecule has 0 saturated carbocycles. The van der Waals surface area contributed by atoms with Gasteiger partial charge >= 0.3 is 0 Å². The van der Waals surface area contributed by atoms with Crippen LogP contribution in [0.2, 0.25) is 0 Å². The third-order valence-electron chi connectivity index (χ3n) is 2.63. The van der Waals surface area contributed by atoms with E-state index in [9.17, 15) is 9.18 Å². The third kappa shape index (κ3) is 4.11. The molecule has 3 nitrogen and oxygen atoms in total. The molecule has 0 aliphatic carbocycles. The fourth-order valence-corrected chi connectivity index (χ4v) is 1.67. The van der Waals surface area contributed by atoms with E-state index in [-0.39, 0.29) is 11.9 Å². The number of hydrogen-bond acceptors (Lipinski definition) is 3. The molecule has 18 heavy (non-hydrogen) atoms. The number of benzene rings is 1. The molecule has 0 saturated heterocycles. The SMILES string of the molecule is CC(=O)c1cc(F)ccc1N(C)CCOC(C)C. The quantitative estimate of drug-likeness (QED) is 0.730. The van der Waals surface area contributed by atoms with Gasteiger partial charge in [0.05, 0.1) is 12.7 Å². The average molecular weight is 253 g/mol. The molecule has 0 atom stereocenters. The summed E-state index contributed by atoms with van der Waals surface area (Å²) in [5.74, 6) is -0.531. The second-order valence-corrected chi connectivity index (χ2v) is 4.56. The molecule has 0 bridgehead atoms. The van der Waals surface area contributed by atoms with E-state index in [2.05, 4.69) is 0 Å². The van der Waals surface area contributed by atoms with E-state index in [1.54, 1.807) is 6.07 Å². The van der Waals surface area contributed by atoms with Gasteiger partial charge in [-0.2, -0.15) is 0 Å². The van der Waals surface area contributed by atoms with E-state index in [1.807, 2.05) is 25.8 Å². The van der Waals surface area contributed by atoms with Crippen LogP contribution in [-0.4, -0.2) is 32.1 Å². The minimum absolute atomic E-state index is 0.138. The molecule has 100 valence electrons. The van der Waals surface area contributed by atoms with Gasteiger partial charge in [-0.15, -0.1) is 0 Å². The lowest BCUT2D eigenvalue weighted by Crippen LogP contribution is -2.25. The Bertz CT molecular complexity index is 418. The van der Waals surface area contributed by atoms with E-state index in [1.165, 1.54) is 19.1 Å². The average Bonchev–Trinajstić information content (AvgIpc) is 2.28. The van der Waals surface area contributed by atoms with Crippen molar-refractivity contribution < 1.29 is 13.9 Å². The Hall–Kier alpha value is -1.42. The molecule has 0 spiro atoms. The summed E-state index contributed by atoms with van der Waals surface area (Å²) in [5.41, 5.74) is 1.14. The number of ether oxygens (including phenoxy) is 1. The Labute approximate surface area is 108 Å². The molecule has 1 aromatic rings. The Morgan fingerprint density at radius 2 is 2.11 bits per heavy atom. The lowest BCUT2D eigenvalue weighted by molar-refractivity contribution is 0.0845. The fourth-order valence-electron chi connectivity index (χ4n) is 1.67. The number of rotatable bonds is 6. The van der Waals surface area contributed by atoms with Crippen molar-refractivity contribution in [3.05, 3.63) is 29.6 Å². The standard InChI is InChI=1S/C14H20FNO2/c1-10(2)18-8-7-16(4)14-6-5-12(15)9-13(14)11(3)17/h5-6,9-10H,7-8H2,1-4H3. The molecular formula is C14H20FNO2. The molecule has 0 N–H and O–H groups in total. The number of anilines is 1. The van der Waals surface area contributed by atoms with Crippen LogP contribution in [-0.2, 0) is 4.74 Å². The number of carbonyl (C=O) groups excluding carboxylic acids is 1. The van der Waals surface area contributed by atoms with Crippen molar-refractivity contribution in [3.63, 3.8) is 0 Å². The number of halogens is 1. The highest BCUT2D eigenvalue weighted by molar-refractivity contribution is 5.99. The van der Waals surface area contributed by atoms with Crippen molar-refractivity contribution in [1.29, 1.82) is 0 Å². The summed E-state index contributed by atoms with van der Waals surface area (Å²) in [4.78, 5) is 13.4. The molecule has 0 unspecified atom stereocenters. The molecule has 0 radical (unpaired) electrons. The predicted octanol–water partition coefficient (Wildman–Crippen LogP) is 2.89. The van der Waals surface area contributed by atoms with Crippen LogP contribution in [0.1, 0.15) is 31.1 Å². The van der Waals surface area contributed by atoms with Gasteiger partial charge in [0.1, 0.15) is 5.82 Å². The number of likely N-dealkylation sites (N-methyl/N-ethyl adjacent to an activating group) is 1. The molecule has 0 fully saturated rings. The van der Waals surface area contributed by atoms with E-state index in [4.69, 9.17) is 4.74 Å². The highest BCUT2D eigenvalue weighted by Crippen LogP contribution is 2.21. The third-order valence-corrected chi connectivity index (χ3v) is 2.63. The maximum Gasteiger partial charge on any atom is 0.161 e. The minimum atomic E-state index is -0.393. The summed E-state index contributed by atoms with van der Waals surface area (Å²) in [7, 11) is 1.86. The molecule has 0 aliphatic rings. The van der Waals surface area contributed by atoms with Gasteiger partial charge in [0.25, 0.3) is 0 Å². The van der Waals surface area contributed by atoms with Crippen molar-refractivity contribution in [3.8, 4) is 0 Å². The van der Waals surface area contributed by atoms with Crippen molar-refractivity contribution >= 4 is 11.5 Å². The molecule has 0 heterocycles. The molecule has 0 aromatic heterocycles. The van der Waals surface area contributed by atoms with Crippen LogP contribution in [0, 0.1) is 5.82 Å². The van der Waals surface area contributed by atoms with Crippen LogP contribution in [0.15, 0.2) is 18.2 Å². The van der Waals surface area contributed by atoms with Gasteiger partial charge in [0.2, 0.25) is 0 Å². The first-order chi connectivity index (χ1) is 8.41. The van der Waals surface area contributed by atoms with Crippen LogP contribution in [0.4, 0.5) is 10.1 Å². The highest BCUT2D eigenvalue weighted by Gasteiger charge is 2.12. The molecule has 1 rings (SSSR count). The second kappa shape index (κ2) is 6.50. The van der Waals surface area contributed by atoms with Crippen LogP contribution in [0.5, 0.6) is 0 Å². The Morgan fingerprint density at radius 3 is 2.67 bits per heavy atom. The summed E-state index contributed by atoms with van der Waals surface area (Å²) in [6, 6.07) is 4.26. The Morgan fingerprint density at radius 1 is 1.44 bits per heavy atom. The summed E-state index contributed by atoms with van der Waals surface area (Å²) >= 11 is 0. The predicted molar refractivity (Wildman–Crippen MR) is 70.8 cm³/mol. The van der Waals surface area contributed by atoms with Gasteiger partial charge in [-0.1, -0.05) is 0 Å². The molecule has 4 heteroatoms. The van der Waals surface area contributed by atoms with Crippen LogP contribution >= 0.6 is 0 Å². The van der Waals surface area contributed by atoms with E-state index < -0.39 is 5.82 Å². The fraction of sp³-hybridized carbons (Fsp3) is 0.500. The molecular weight excluding hydrogens is 233 g/mol. The maximum atomic E-state index is 13.1. The van der Waals surface area contributed by atoms with Crippen molar-refractivity contribution in [2.45, 2.75) is 26.9 Å². The summed E-state index contributed by atoms with van der Waals surface area (Å²) in [6.07, 6.45) is 0.180. The lowest BCUT2D eigenvalue weighted by atomic mass is 10.1. The number of ketones is 1. The van der Waals surface area contributed by atoms with Crippen molar-refractivity contribution in [1.82, 2.24) is 0 Å². The maximum absolute atomic E-state index is 13.1. The first-order valence-electron chi connectivity index (χ1n) is 6.05. The van der Waals surface area contributed by atoms with Crippen molar-refractivity contribution in [2.75, 3.05) is 25.1 Å². The van der Waals surface area contributed by atoms with Gasteiger partial charge in [-0.25, -0.2) is 4.39 Å². The number of carbonyl (C=O) groups is 1. The first kappa shape index (κ1) is 14.6. The summed E-state index contributed by atoms with van der Waals surface area (Å²) in [5, 5.41) is 0. The number of hydrogen-bond donors (Lipinski definition) is 0. The summed E-state index contributed by atoms with van der Waals surface area (Å²) < 4.78 is 18.6. The second-order valence-electron chi connectivity index (χ2n) is 4.56. The lowest BCUT2D eigenvalue weighted by Gasteiger charge is -2.22. The first-order valence-corrected chi connectivity index (χ1v) is 6.05. The van der Waals surface area contributed by atoms with Crippen LogP contribution in [0.25, 0.3) is 0 Å². The smallest absolute Gasteiger partial charge is 0.161 e. The van der Waals surface area contributed by atoms with Crippen molar-refractivity contribution in [2.24, 2.45) is 0 Å². The van der Waals surface area contributed by atoms with E-state index in [0.29, 0.717) is 18.7 Å². The minimum Gasteiger partial charge on any atom is -0.377 e. The number of nitrogens with zero attached hydrogens (tertiary/aromatic N) is 1. The van der Waals surface area contributed by atoms with E-state index >= 15 is 0 Å². The van der Waals surface area contributed by atoms with Gasteiger partial charge in [0.15, 0.2) is 5.78 Å². The Kier molecular flexibility index (Phi) is 5.28. The van der Waals surface area contributed by atoms with Crippen LogP contribution < -0.4 is 4.90 Å². The zero-order chi connectivity index (χ0) is 13.7. The Balaban J connectivity index is 2.78. The molecule has 1 aromatic carbocycles. The highest BCUT2D eigenvalue weighted by atomic mass is 19.1. The number of Topliss-reactive ketones (excluding diaryl/α,β-unsaturated/α-hetero) is 1. The van der Waals surface area contributed by atoms with Crippen LogP contribution in [0.3, 0.4) is 0 Å². The zero-order valence-corrected chi connectivity index (χ0v) is 11.4. The normalized spacial score (nSPS) is 10.8. The zero-order valence-electron chi connectivity index (χ0n) is 11.4.